The summed E-state index contributed by atoms with van der Waals surface area (Å²) in [6.07, 6.45) is 1.81. The fourth-order valence-electron chi connectivity index (χ4n) is 1.51. The Bertz CT molecular complexity index is 454. The van der Waals surface area contributed by atoms with E-state index in [1.54, 1.807) is 6.08 Å². The van der Waals surface area contributed by atoms with Gasteiger partial charge in [-0.15, -0.1) is 0 Å². The van der Waals surface area contributed by atoms with Crippen molar-refractivity contribution >= 4 is 17.8 Å². The predicted octanol–water partition coefficient (Wildman–Crippen LogP) is 0.127. The van der Waals surface area contributed by atoms with Crippen LogP contribution in [0.1, 0.15) is 12.5 Å². The Labute approximate surface area is 111 Å². The number of aliphatic hydroxyl groups excluding tert-OH is 2. The first kappa shape index (κ1) is 15.1. The van der Waals surface area contributed by atoms with E-state index >= 15 is 0 Å². The van der Waals surface area contributed by atoms with E-state index < -0.39 is 30.4 Å². The third-order valence-corrected chi connectivity index (χ3v) is 2.51. The molecule has 0 aliphatic carbocycles. The molecule has 1 aromatic carbocycles. The molecule has 0 aromatic heterocycles. The number of amides is 1. The molecular weight excluding hydrogens is 246 g/mol. The van der Waals surface area contributed by atoms with Gasteiger partial charge in [0, 0.05) is 6.08 Å². The average Bonchev–Trinajstić information content (AvgIpc) is 2.42. The highest BCUT2D eigenvalue weighted by atomic mass is 16.3. The van der Waals surface area contributed by atoms with Crippen molar-refractivity contribution in [3.63, 3.8) is 0 Å². The van der Waals surface area contributed by atoms with Crippen LogP contribution in [0.5, 0.6) is 0 Å². The van der Waals surface area contributed by atoms with Gasteiger partial charge in [0.1, 0.15) is 12.6 Å². The molecule has 0 unspecified atom stereocenters. The molecule has 0 heterocycles. The normalized spacial score (nSPS) is 14.1. The Morgan fingerprint density at radius 2 is 1.95 bits per heavy atom. The van der Waals surface area contributed by atoms with Gasteiger partial charge in [0.05, 0.1) is 6.10 Å². The second-order valence-electron chi connectivity index (χ2n) is 4.10. The van der Waals surface area contributed by atoms with Crippen molar-refractivity contribution < 1.29 is 19.8 Å². The topological polar surface area (TPSA) is 86.6 Å². The number of benzene rings is 1. The maximum Gasteiger partial charge on any atom is 0.244 e. The van der Waals surface area contributed by atoms with E-state index in [9.17, 15) is 14.7 Å². The average molecular weight is 263 g/mol. The van der Waals surface area contributed by atoms with Gasteiger partial charge in [-0.1, -0.05) is 30.3 Å². The molecule has 102 valence electrons. The molecule has 0 spiro atoms. The summed E-state index contributed by atoms with van der Waals surface area (Å²) in [7, 11) is 0. The second-order valence-corrected chi connectivity index (χ2v) is 4.10. The molecule has 1 rings (SSSR count). The fraction of sp³-hybridized carbons (Fsp3) is 0.286. The molecule has 5 nitrogen and oxygen atoms in total. The van der Waals surface area contributed by atoms with Crippen molar-refractivity contribution in [2.24, 2.45) is 0 Å². The van der Waals surface area contributed by atoms with Crippen molar-refractivity contribution in [1.82, 2.24) is 5.32 Å². The summed E-state index contributed by atoms with van der Waals surface area (Å²) < 4.78 is 0. The molecule has 3 N–H and O–H groups in total. The predicted molar refractivity (Wildman–Crippen MR) is 71.2 cm³/mol. The third-order valence-electron chi connectivity index (χ3n) is 2.51. The number of rotatable bonds is 6. The number of nitrogens with one attached hydrogen (secondary N) is 1. The standard InChI is InChI=1S/C14H17NO4/c1-10(17)14(12(18)9-16)15-13(19)8-7-11-5-3-2-4-6-11/h2-8,10,14,16-17H,9H2,1H3,(H,15,19)/b8-7+/t10-,14+/m1/s1. The summed E-state index contributed by atoms with van der Waals surface area (Å²) in [4.78, 5) is 22.9. The van der Waals surface area contributed by atoms with Crippen molar-refractivity contribution in [1.29, 1.82) is 0 Å². The van der Waals surface area contributed by atoms with Crippen LogP contribution >= 0.6 is 0 Å². The molecule has 19 heavy (non-hydrogen) atoms. The quantitative estimate of drug-likeness (QED) is 0.637. The Kier molecular flexibility index (Phi) is 5.92. The molecule has 1 amide bonds. The van der Waals surface area contributed by atoms with E-state index in [4.69, 9.17) is 5.11 Å². The number of hydrogen-bond acceptors (Lipinski definition) is 4. The van der Waals surface area contributed by atoms with E-state index in [1.807, 2.05) is 30.3 Å². The fourth-order valence-corrected chi connectivity index (χ4v) is 1.51. The molecule has 0 aliphatic rings. The van der Waals surface area contributed by atoms with Crippen LogP contribution < -0.4 is 5.32 Å². The van der Waals surface area contributed by atoms with Gasteiger partial charge in [0.2, 0.25) is 5.91 Å². The lowest BCUT2D eigenvalue weighted by Crippen LogP contribution is -2.48. The van der Waals surface area contributed by atoms with Gasteiger partial charge in [-0.05, 0) is 18.6 Å². The highest BCUT2D eigenvalue weighted by Gasteiger charge is 2.23. The van der Waals surface area contributed by atoms with Gasteiger partial charge in [-0.25, -0.2) is 0 Å². The van der Waals surface area contributed by atoms with Gasteiger partial charge in [-0.2, -0.15) is 0 Å². The summed E-state index contributed by atoms with van der Waals surface area (Å²) in [5.41, 5.74) is 0.847. The van der Waals surface area contributed by atoms with Crippen LogP contribution in [0.15, 0.2) is 36.4 Å². The summed E-state index contributed by atoms with van der Waals surface area (Å²) in [5, 5.41) is 20.5. The van der Waals surface area contributed by atoms with E-state index in [0.717, 1.165) is 5.56 Å². The lowest BCUT2D eigenvalue weighted by atomic mass is 10.1. The van der Waals surface area contributed by atoms with E-state index in [2.05, 4.69) is 5.32 Å². The van der Waals surface area contributed by atoms with E-state index in [0.29, 0.717) is 0 Å². The molecule has 0 fully saturated rings. The van der Waals surface area contributed by atoms with E-state index in [1.165, 1.54) is 13.0 Å². The minimum atomic E-state index is -1.10. The zero-order chi connectivity index (χ0) is 14.3. The minimum Gasteiger partial charge on any atom is -0.391 e. The highest BCUT2D eigenvalue weighted by molar-refractivity contribution is 5.96. The number of carbonyl (C=O) groups excluding carboxylic acids is 2. The van der Waals surface area contributed by atoms with Crippen LogP contribution in [0, 0.1) is 0 Å². The van der Waals surface area contributed by atoms with Crippen LogP contribution in [-0.2, 0) is 9.59 Å². The highest BCUT2D eigenvalue weighted by Crippen LogP contribution is 2.01. The number of aliphatic hydroxyl groups is 2. The van der Waals surface area contributed by atoms with Crippen LogP contribution in [0.25, 0.3) is 6.08 Å². The van der Waals surface area contributed by atoms with Crippen LogP contribution in [0.3, 0.4) is 0 Å². The smallest absolute Gasteiger partial charge is 0.244 e. The van der Waals surface area contributed by atoms with Crippen LogP contribution in [0.2, 0.25) is 0 Å². The molecule has 0 aliphatic heterocycles. The first-order valence-electron chi connectivity index (χ1n) is 5.90. The van der Waals surface area contributed by atoms with Gasteiger partial charge in [-0.3, -0.25) is 9.59 Å². The summed E-state index contributed by atoms with van der Waals surface area (Å²) in [6.45, 7) is 0.650. The van der Waals surface area contributed by atoms with Crippen molar-refractivity contribution in [2.45, 2.75) is 19.1 Å². The number of hydrogen-bond donors (Lipinski definition) is 3. The van der Waals surface area contributed by atoms with Gasteiger partial charge in [0.25, 0.3) is 0 Å². The van der Waals surface area contributed by atoms with Gasteiger partial charge < -0.3 is 15.5 Å². The molecule has 0 bridgehead atoms. The zero-order valence-corrected chi connectivity index (χ0v) is 10.6. The lowest BCUT2D eigenvalue weighted by molar-refractivity contribution is -0.130. The van der Waals surface area contributed by atoms with Crippen LogP contribution in [-0.4, -0.2) is 40.7 Å². The molecule has 2 atom stereocenters. The van der Waals surface area contributed by atoms with Crippen LogP contribution in [0.4, 0.5) is 0 Å². The number of ketones is 1. The Hall–Kier alpha value is -1.98. The third kappa shape index (κ3) is 5.03. The van der Waals surface area contributed by atoms with Crippen molar-refractivity contribution in [3.8, 4) is 0 Å². The maximum atomic E-state index is 11.6. The summed E-state index contributed by atoms with van der Waals surface area (Å²) in [5.74, 6) is -1.13. The number of carbonyl (C=O) groups is 2. The Morgan fingerprint density at radius 1 is 1.32 bits per heavy atom. The largest absolute Gasteiger partial charge is 0.391 e. The summed E-state index contributed by atoms with van der Waals surface area (Å²) in [6, 6.07) is 8.10. The lowest BCUT2D eigenvalue weighted by Gasteiger charge is -2.18. The number of Topliss-reactive ketones (excluding diaryl/α,β-unsaturated/α-hetero) is 1. The van der Waals surface area contributed by atoms with Crippen molar-refractivity contribution in [2.75, 3.05) is 6.61 Å². The molecule has 0 saturated heterocycles. The second kappa shape index (κ2) is 7.45. The zero-order valence-electron chi connectivity index (χ0n) is 10.6. The molecular formula is C14H17NO4. The van der Waals surface area contributed by atoms with Crippen molar-refractivity contribution in [3.05, 3.63) is 42.0 Å². The van der Waals surface area contributed by atoms with E-state index in [-0.39, 0.29) is 0 Å². The monoisotopic (exact) mass is 263 g/mol. The maximum absolute atomic E-state index is 11.6. The molecule has 0 saturated carbocycles. The van der Waals surface area contributed by atoms with Gasteiger partial charge >= 0.3 is 0 Å². The molecule has 5 heteroatoms. The summed E-state index contributed by atoms with van der Waals surface area (Å²) >= 11 is 0. The minimum absolute atomic E-state index is 0.503. The molecule has 0 radical (unpaired) electrons. The first-order chi connectivity index (χ1) is 9.04. The van der Waals surface area contributed by atoms with Gasteiger partial charge in [0.15, 0.2) is 5.78 Å². The Morgan fingerprint density at radius 3 is 2.47 bits per heavy atom. The first-order valence-corrected chi connectivity index (χ1v) is 5.90. The molecule has 1 aromatic rings. The SMILES string of the molecule is C[C@@H](O)[C@H](NC(=O)/C=C/c1ccccc1)C(=O)CO. The Balaban J connectivity index is 2.63.